The molecular formula is C20H32ClN5. The molecular weight excluding hydrogens is 346 g/mol. The molecule has 6 heteroatoms. The van der Waals surface area contributed by atoms with Crippen LogP contribution in [-0.2, 0) is 0 Å². The molecule has 1 atom stereocenters. The molecule has 3 heterocycles. The van der Waals surface area contributed by atoms with Gasteiger partial charge in [-0.3, -0.25) is 4.68 Å². The largest absolute Gasteiger partial charge is 0.326 e. The van der Waals surface area contributed by atoms with Crippen molar-refractivity contribution in [1.82, 2.24) is 24.2 Å². The van der Waals surface area contributed by atoms with Gasteiger partial charge in [0.2, 0.25) is 0 Å². The van der Waals surface area contributed by atoms with Gasteiger partial charge in [-0.05, 0) is 45.2 Å². The summed E-state index contributed by atoms with van der Waals surface area (Å²) >= 11 is 0. The van der Waals surface area contributed by atoms with E-state index in [1.807, 2.05) is 18.7 Å². The highest BCUT2D eigenvalue weighted by atomic mass is 35.5. The van der Waals surface area contributed by atoms with Crippen molar-refractivity contribution in [2.24, 2.45) is 0 Å². The molecule has 0 radical (unpaired) electrons. The molecule has 0 amide bonds. The van der Waals surface area contributed by atoms with Gasteiger partial charge in [0.25, 0.3) is 0 Å². The summed E-state index contributed by atoms with van der Waals surface area (Å²) in [6, 6.07) is 1.08. The molecule has 2 fully saturated rings. The van der Waals surface area contributed by atoms with E-state index in [-0.39, 0.29) is 12.4 Å². The first-order valence-electron chi connectivity index (χ1n) is 10.1. The first kappa shape index (κ1) is 19.4. The zero-order chi connectivity index (χ0) is 17.1. The molecule has 26 heavy (non-hydrogen) atoms. The van der Waals surface area contributed by atoms with Gasteiger partial charge < -0.3 is 9.47 Å². The zero-order valence-electron chi connectivity index (χ0n) is 15.9. The summed E-state index contributed by atoms with van der Waals surface area (Å²) in [5, 5.41) is 4.69. The van der Waals surface area contributed by atoms with Crippen molar-refractivity contribution in [3.63, 3.8) is 0 Å². The number of halogens is 1. The third-order valence-electron chi connectivity index (χ3n) is 6.04. The number of hydrogen-bond acceptors (Lipinski definition) is 3. The SMILES string of the molecule is CCC(CN1CCCC1)n1cncc1-c1cnn(C2CCCCC2)c1.Cl. The first-order chi connectivity index (χ1) is 12.3. The van der Waals surface area contributed by atoms with E-state index in [1.165, 1.54) is 69.3 Å². The van der Waals surface area contributed by atoms with E-state index < -0.39 is 0 Å². The Labute approximate surface area is 163 Å². The van der Waals surface area contributed by atoms with Gasteiger partial charge in [0, 0.05) is 24.3 Å². The standard InChI is InChI=1S/C20H31N5.ClH/c1-2-18(15-23-10-6-7-11-23)24-16-21-13-20(24)17-12-22-25(14-17)19-8-4-3-5-9-19;/h12-14,16,18-19H,2-11,15H2,1H3;1H. The first-order valence-corrected chi connectivity index (χ1v) is 10.1. The fraction of sp³-hybridized carbons (Fsp3) is 0.700. The summed E-state index contributed by atoms with van der Waals surface area (Å²) in [5.41, 5.74) is 2.43. The molecule has 144 valence electrons. The van der Waals surface area contributed by atoms with Crippen LogP contribution in [-0.4, -0.2) is 43.9 Å². The van der Waals surface area contributed by atoms with Crippen molar-refractivity contribution in [1.29, 1.82) is 0 Å². The predicted octanol–water partition coefficient (Wildman–Crippen LogP) is 4.72. The monoisotopic (exact) mass is 377 g/mol. The maximum absolute atomic E-state index is 4.69. The summed E-state index contributed by atoms with van der Waals surface area (Å²) in [5.74, 6) is 0. The van der Waals surface area contributed by atoms with Crippen LogP contribution in [0.2, 0.25) is 0 Å². The molecule has 1 aliphatic heterocycles. The van der Waals surface area contributed by atoms with Crippen LogP contribution < -0.4 is 0 Å². The highest BCUT2D eigenvalue weighted by molar-refractivity contribution is 5.85. The minimum Gasteiger partial charge on any atom is -0.326 e. The van der Waals surface area contributed by atoms with Gasteiger partial charge in [0.05, 0.1) is 30.5 Å². The summed E-state index contributed by atoms with van der Waals surface area (Å²) in [6.45, 7) is 5.92. The molecule has 5 nitrogen and oxygen atoms in total. The van der Waals surface area contributed by atoms with Gasteiger partial charge in [-0.25, -0.2) is 4.98 Å². The average molecular weight is 378 g/mol. The van der Waals surface area contributed by atoms with Crippen molar-refractivity contribution in [2.45, 2.75) is 70.4 Å². The Morgan fingerprint density at radius 1 is 1.08 bits per heavy atom. The fourth-order valence-corrected chi connectivity index (χ4v) is 4.51. The van der Waals surface area contributed by atoms with Gasteiger partial charge >= 0.3 is 0 Å². The molecule has 4 rings (SSSR count). The lowest BCUT2D eigenvalue weighted by Crippen LogP contribution is -2.28. The van der Waals surface area contributed by atoms with Crippen LogP contribution in [0.3, 0.4) is 0 Å². The van der Waals surface area contributed by atoms with Gasteiger partial charge in [-0.15, -0.1) is 12.4 Å². The van der Waals surface area contributed by atoms with E-state index in [0.717, 1.165) is 13.0 Å². The second-order valence-electron chi connectivity index (χ2n) is 7.76. The molecule has 0 aromatic carbocycles. The maximum atomic E-state index is 4.69. The van der Waals surface area contributed by atoms with Crippen LogP contribution in [0, 0.1) is 0 Å². The van der Waals surface area contributed by atoms with Crippen molar-refractivity contribution in [2.75, 3.05) is 19.6 Å². The molecule has 0 N–H and O–H groups in total. The summed E-state index contributed by atoms with van der Waals surface area (Å²) in [4.78, 5) is 7.07. The number of hydrogen-bond donors (Lipinski definition) is 0. The highest BCUT2D eigenvalue weighted by Gasteiger charge is 2.21. The van der Waals surface area contributed by atoms with E-state index in [0.29, 0.717) is 12.1 Å². The van der Waals surface area contributed by atoms with E-state index in [2.05, 4.69) is 32.3 Å². The second kappa shape index (κ2) is 9.05. The average Bonchev–Trinajstić information content (AvgIpc) is 3.41. The van der Waals surface area contributed by atoms with Crippen molar-refractivity contribution >= 4 is 12.4 Å². The smallest absolute Gasteiger partial charge is 0.0954 e. The minimum absolute atomic E-state index is 0. The van der Waals surface area contributed by atoms with E-state index in [4.69, 9.17) is 5.10 Å². The number of aromatic nitrogens is 4. The van der Waals surface area contributed by atoms with Crippen LogP contribution in [0.5, 0.6) is 0 Å². The molecule has 1 saturated heterocycles. The quantitative estimate of drug-likeness (QED) is 0.731. The number of nitrogens with zero attached hydrogens (tertiary/aromatic N) is 5. The fourth-order valence-electron chi connectivity index (χ4n) is 4.51. The van der Waals surface area contributed by atoms with Crippen LogP contribution in [0.4, 0.5) is 0 Å². The van der Waals surface area contributed by atoms with Gasteiger partial charge in [0.15, 0.2) is 0 Å². The van der Waals surface area contributed by atoms with Crippen LogP contribution >= 0.6 is 12.4 Å². The van der Waals surface area contributed by atoms with E-state index in [9.17, 15) is 0 Å². The van der Waals surface area contributed by atoms with Gasteiger partial charge in [0.1, 0.15) is 0 Å². The molecule has 2 aromatic heterocycles. The van der Waals surface area contributed by atoms with E-state index >= 15 is 0 Å². The van der Waals surface area contributed by atoms with Crippen molar-refractivity contribution in [3.05, 3.63) is 24.9 Å². The Morgan fingerprint density at radius 3 is 2.58 bits per heavy atom. The number of imidazole rings is 1. The molecule has 2 aromatic rings. The van der Waals surface area contributed by atoms with Gasteiger partial charge in [-0.2, -0.15) is 5.10 Å². The third-order valence-corrected chi connectivity index (χ3v) is 6.04. The molecule has 2 aliphatic rings. The topological polar surface area (TPSA) is 38.9 Å². The Kier molecular flexibility index (Phi) is 6.76. The summed E-state index contributed by atoms with van der Waals surface area (Å²) in [7, 11) is 0. The molecule has 1 unspecified atom stereocenters. The van der Waals surface area contributed by atoms with Crippen LogP contribution in [0.1, 0.15) is 70.4 Å². The molecule has 0 spiro atoms. The third kappa shape index (κ3) is 4.15. The highest BCUT2D eigenvalue weighted by Crippen LogP contribution is 2.30. The normalized spacial score (nSPS) is 20.2. The Bertz CT molecular complexity index is 667. The molecule has 0 bridgehead atoms. The van der Waals surface area contributed by atoms with Crippen LogP contribution in [0.25, 0.3) is 11.3 Å². The number of rotatable bonds is 6. The number of likely N-dealkylation sites (tertiary alicyclic amines) is 1. The minimum atomic E-state index is 0. The second-order valence-corrected chi connectivity index (χ2v) is 7.76. The Balaban J connectivity index is 0.00000196. The lowest BCUT2D eigenvalue weighted by molar-refractivity contribution is 0.273. The summed E-state index contributed by atoms with van der Waals surface area (Å²) < 4.78 is 4.58. The molecule has 1 aliphatic carbocycles. The molecule has 1 saturated carbocycles. The zero-order valence-corrected chi connectivity index (χ0v) is 16.7. The lowest BCUT2D eigenvalue weighted by Gasteiger charge is -2.25. The Morgan fingerprint density at radius 2 is 1.85 bits per heavy atom. The lowest BCUT2D eigenvalue weighted by atomic mass is 9.96. The maximum Gasteiger partial charge on any atom is 0.0954 e. The van der Waals surface area contributed by atoms with Crippen molar-refractivity contribution in [3.8, 4) is 11.3 Å². The van der Waals surface area contributed by atoms with E-state index in [1.54, 1.807) is 0 Å². The van der Waals surface area contributed by atoms with Gasteiger partial charge in [-0.1, -0.05) is 26.2 Å². The summed E-state index contributed by atoms with van der Waals surface area (Å²) in [6.07, 6.45) is 18.7. The van der Waals surface area contributed by atoms with Crippen LogP contribution in [0.15, 0.2) is 24.9 Å². The Hall–Kier alpha value is -1.33. The van der Waals surface area contributed by atoms with Crippen molar-refractivity contribution < 1.29 is 0 Å². The predicted molar refractivity (Wildman–Crippen MR) is 108 cm³/mol.